The minimum absolute atomic E-state index is 0.0217. The molecule has 0 unspecified atom stereocenters. The van der Waals surface area contributed by atoms with Crippen LogP contribution >= 0.6 is 0 Å². The standard InChI is InChI=1S/C10H9FN2O3/c1-15-5-2-6(9(11)8(14)3-5)7-4-13-16-10(7)12/h2-4,14H,12H2,1H3. The van der Waals surface area contributed by atoms with E-state index >= 15 is 0 Å². The second-order valence-electron chi connectivity index (χ2n) is 3.11. The van der Waals surface area contributed by atoms with E-state index in [-0.39, 0.29) is 17.0 Å². The minimum Gasteiger partial charge on any atom is -0.505 e. The molecule has 1 heterocycles. The summed E-state index contributed by atoms with van der Waals surface area (Å²) >= 11 is 0. The van der Waals surface area contributed by atoms with Crippen LogP contribution in [0.25, 0.3) is 11.1 Å². The van der Waals surface area contributed by atoms with Crippen LogP contribution in [0.4, 0.5) is 10.3 Å². The first-order chi connectivity index (χ1) is 7.63. The van der Waals surface area contributed by atoms with Crippen molar-refractivity contribution in [2.45, 2.75) is 0 Å². The number of methoxy groups -OCH3 is 1. The molecule has 84 valence electrons. The van der Waals surface area contributed by atoms with E-state index in [4.69, 9.17) is 10.5 Å². The van der Waals surface area contributed by atoms with Crippen LogP contribution in [0.1, 0.15) is 0 Å². The van der Waals surface area contributed by atoms with Crippen molar-refractivity contribution in [1.82, 2.24) is 5.16 Å². The maximum Gasteiger partial charge on any atom is 0.230 e. The molecule has 0 aliphatic rings. The molecule has 0 saturated heterocycles. The van der Waals surface area contributed by atoms with E-state index in [1.54, 1.807) is 0 Å². The van der Waals surface area contributed by atoms with Crippen LogP contribution in [0.3, 0.4) is 0 Å². The van der Waals surface area contributed by atoms with Gasteiger partial charge in [0.1, 0.15) is 5.75 Å². The van der Waals surface area contributed by atoms with Crippen LogP contribution in [-0.4, -0.2) is 17.4 Å². The highest BCUT2D eigenvalue weighted by Gasteiger charge is 2.16. The van der Waals surface area contributed by atoms with E-state index in [2.05, 4.69) is 9.68 Å². The Kier molecular flexibility index (Phi) is 2.40. The number of halogens is 1. The van der Waals surface area contributed by atoms with E-state index in [1.807, 2.05) is 0 Å². The number of phenolic OH excluding ortho intramolecular Hbond substituents is 1. The Morgan fingerprint density at radius 3 is 2.75 bits per heavy atom. The molecule has 0 radical (unpaired) electrons. The lowest BCUT2D eigenvalue weighted by atomic mass is 10.1. The van der Waals surface area contributed by atoms with Gasteiger partial charge >= 0.3 is 0 Å². The number of rotatable bonds is 2. The third-order valence-corrected chi connectivity index (χ3v) is 2.15. The molecule has 0 bridgehead atoms. The smallest absolute Gasteiger partial charge is 0.230 e. The van der Waals surface area contributed by atoms with Gasteiger partial charge in [-0.15, -0.1) is 0 Å². The largest absolute Gasteiger partial charge is 0.505 e. The number of hydrogen-bond donors (Lipinski definition) is 2. The highest BCUT2D eigenvalue weighted by Crippen LogP contribution is 2.35. The SMILES string of the molecule is COc1cc(O)c(F)c(-c2cnoc2N)c1. The molecular formula is C10H9FN2O3. The van der Waals surface area contributed by atoms with Gasteiger partial charge in [0.25, 0.3) is 0 Å². The van der Waals surface area contributed by atoms with Gasteiger partial charge in [-0.05, 0) is 6.07 Å². The molecule has 0 saturated carbocycles. The molecule has 5 nitrogen and oxygen atoms in total. The lowest BCUT2D eigenvalue weighted by molar-refractivity contribution is 0.398. The number of nitrogens with two attached hydrogens (primary N) is 1. The first-order valence-corrected chi connectivity index (χ1v) is 4.40. The molecule has 3 N–H and O–H groups in total. The summed E-state index contributed by atoms with van der Waals surface area (Å²) in [5.74, 6) is -1.02. The highest BCUT2D eigenvalue weighted by molar-refractivity contribution is 5.74. The Bertz CT molecular complexity index is 525. The molecule has 2 aromatic rings. The van der Waals surface area contributed by atoms with Gasteiger partial charge in [0.2, 0.25) is 5.88 Å². The van der Waals surface area contributed by atoms with E-state index in [9.17, 15) is 9.50 Å². The third kappa shape index (κ3) is 1.54. The topological polar surface area (TPSA) is 81.5 Å². The summed E-state index contributed by atoms with van der Waals surface area (Å²) in [4.78, 5) is 0. The lowest BCUT2D eigenvalue weighted by Crippen LogP contribution is -1.91. The second-order valence-corrected chi connectivity index (χ2v) is 3.11. The lowest BCUT2D eigenvalue weighted by Gasteiger charge is -2.06. The number of phenols is 1. The summed E-state index contributed by atoms with van der Waals surface area (Å²) in [6.07, 6.45) is 1.27. The molecule has 0 spiro atoms. The van der Waals surface area contributed by atoms with E-state index in [0.717, 1.165) is 0 Å². The summed E-state index contributed by atoms with van der Waals surface area (Å²) in [5.41, 5.74) is 5.81. The van der Waals surface area contributed by atoms with E-state index in [1.165, 1.54) is 25.4 Å². The summed E-state index contributed by atoms with van der Waals surface area (Å²) in [7, 11) is 1.41. The van der Waals surface area contributed by atoms with Crippen LogP contribution in [0.2, 0.25) is 0 Å². The predicted octanol–water partition coefficient (Wildman–Crippen LogP) is 1.78. The maximum atomic E-state index is 13.6. The van der Waals surface area contributed by atoms with Crippen molar-refractivity contribution in [3.8, 4) is 22.6 Å². The number of ether oxygens (including phenoxy) is 1. The zero-order valence-electron chi connectivity index (χ0n) is 8.40. The van der Waals surface area contributed by atoms with Gasteiger partial charge in [-0.3, -0.25) is 0 Å². The van der Waals surface area contributed by atoms with Crippen LogP contribution in [-0.2, 0) is 0 Å². The second kappa shape index (κ2) is 3.73. The molecule has 16 heavy (non-hydrogen) atoms. The van der Waals surface area contributed by atoms with Gasteiger partial charge in [-0.1, -0.05) is 5.16 Å². The van der Waals surface area contributed by atoms with Gasteiger partial charge in [0, 0.05) is 11.6 Å². The molecule has 1 aromatic heterocycles. The van der Waals surface area contributed by atoms with Gasteiger partial charge in [0.15, 0.2) is 11.6 Å². The fourth-order valence-electron chi connectivity index (χ4n) is 1.35. The summed E-state index contributed by atoms with van der Waals surface area (Å²) in [5, 5.41) is 12.8. The predicted molar refractivity (Wildman–Crippen MR) is 54.5 cm³/mol. The molecule has 0 amide bonds. The third-order valence-electron chi connectivity index (χ3n) is 2.15. The number of nitrogen functional groups attached to an aromatic ring is 1. The van der Waals surface area contributed by atoms with Crippen molar-refractivity contribution in [3.63, 3.8) is 0 Å². The Balaban J connectivity index is 2.64. The number of hydrogen-bond acceptors (Lipinski definition) is 5. The fourth-order valence-corrected chi connectivity index (χ4v) is 1.35. The van der Waals surface area contributed by atoms with Crippen molar-refractivity contribution in [3.05, 3.63) is 24.1 Å². The minimum atomic E-state index is -0.796. The number of benzene rings is 1. The summed E-state index contributed by atoms with van der Waals surface area (Å²) < 4.78 is 23.2. The van der Waals surface area contributed by atoms with Gasteiger partial charge in [-0.25, -0.2) is 4.39 Å². The fraction of sp³-hybridized carbons (Fsp3) is 0.100. The summed E-state index contributed by atoms with van der Waals surface area (Å²) in [6.45, 7) is 0. The van der Waals surface area contributed by atoms with Crippen LogP contribution < -0.4 is 10.5 Å². The van der Waals surface area contributed by atoms with Gasteiger partial charge in [-0.2, -0.15) is 0 Å². The zero-order chi connectivity index (χ0) is 11.7. The summed E-state index contributed by atoms with van der Waals surface area (Å²) in [6, 6.07) is 2.57. The Morgan fingerprint density at radius 2 is 2.19 bits per heavy atom. The number of aromatic hydroxyl groups is 1. The van der Waals surface area contributed by atoms with Gasteiger partial charge in [0.05, 0.1) is 18.9 Å². The number of aromatic nitrogens is 1. The monoisotopic (exact) mass is 224 g/mol. The normalized spacial score (nSPS) is 10.4. The Morgan fingerprint density at radius 1 is 1.44 bits per heavy atom. The van der Waals surface area contributed by atoms with Crippen LogP contribution in [0.5, 0.6) is 11.5 Å². The highest BCUT2D eigenvalue weighted by atomic mass is 19.1. The first-order valence-electron chi connectivity index (χ1n) is 4.40. The average molecular weight is 224 g/mol. The van der Waals surface area contributed by atoms with E-state index in [0.29, 0.717) is 5.75 Å². The molecule has 0 aliphatic heterocycles. The molecule has 6 heteroatoms. The van der Waals surface area contributed by atoms with Crippen molar-refractivity contribution in [2.75, 3.05) is 12.8 Å². The molecule has 2 rings (SSSR count). The Hall–Kier alpha value is -2.24. The first kappa shape index (κ1) is 10.3. The van der Waals surface area contributed by atoms with Crippen molar-refractivity contribution >= 4 is 5.88 Å². The van der Waals surface area contributed by atoms with Crippen LogP contribution in [0.15, 0.2) is 22.9 Å². The average Bonchev–Trinajstić information content (AvgIpc) is 2.68. The van der Waals surface area contributed by atoms with Crippen molar-refractivity contribution in [2.24, 2.45) is 0 Å². The van der Waals surface area contributed by atoms with Crippen molar-refractivity contribution < 1.29 is 18.8 Å². The Labute approximate surface area is 90.2 Å². The maximum absolute atomic E-state index is 13.6. The van der Waals surface area contributed by atoms with E-state index < -0.39 is 11.6 Å². The van der Waals surface area contributed by atoms with Crippen molar-refractivity contribution in [1.29, 1.82) is 0 Å². The number of anilines is 1. The molecule has 0 atom stereocenters. The molecular weight excluding hydrogens is 215 g/mol. The molecule has 0 aliphatic carbocycles. The molecule has 0 fully saturated rings. The van der Waals surface area contributed by atoms with Gasteiger partial charge < -0.3 is 20.1 Å². The quantitative estimate of drug-likeness (QED) is 0.812. The van der Waals surface area contributed by atoms with Crippen LogP contribution in [0, 0.1) is 5.82 Å². The molecule has 1 aromatic carbocycles. The zero-order valence-corrected chi connectivity index (χ0v) is 8.40. The number of nitrogens with zero attached hydrogens (tertiary/aromatic N) is 1.